The lowest BCUT2D eigenvalue weighted by Gasteiger charge is -2.02. The molecule has 2 N–H and O–H groups in total. The maximum atomic E-state index is 12.2. The molecule has 0 fully saturated rings. The van der Waals surface area contributed by atoms with Crippen LogP contribution in [0.5, 0.6) is 0 Å². The van der Waals surface area contributed by atoms with E-state index in [0.29, 0.717) is 12.2 Å². The Morgan fingerprint density at radius 3 is 2.95 bits per heavy atom. The number of hydrogen-bond donors (Lipinski definition) is 2. The number of benzene rings is 1. The van der Waals surface area contributed by atoms with E-state index in [9.17, 15) is 4.79 Å². The molecule has 0 bridgehead atoms. The number of carbonyl (C=O) groups is 1. The molecular weight excluding hydrogens is 254 g/mol. The number of para-hydroxylation sites is 1. The molecule has 0 spiro atoms. The zero-order chi connectivity index (χ0) is 14.1. The van der Waals surface area contributed by atoms with Crippen LogP contribution in [0.25, 0.3) is 10.9 Å². The van der Waals surface area contributed by atoms with E-state index in [1.165, 1.54) is 0 Å². The number of hydrogen-bond acceptors (Lipinski definition) is 3. The summed E-state index contributed by atoms with van der Waals surface area (Å²) in [5.41, 5.74) is 3.19. The molecule has 0 radical (unpaired) electrons. The monoisotopic (exact) mass is 269 g/mol. The second-order valence-corrected chi connectivity index (χ2v) is 4.71. The Hall–Kier alpha value is -2.63. The number of rotatable bonds is 3. The first kappa shape index (κ1) is 12.4. The van der Waals surface area contributed by atoms with Gasteiger partial charge in [-0.15, -0.1) is 0 Å². The molecule has 1 amide bonds. The molecule has 0 saturated heterocycles. The van der Waals surface area contributed by atoms with Crippen LogP contribution in [0.2, 0.25) is 0 Å². The fraction of sp³-hybridized carbons (Fsp3) is 0.214. The number of nitrogens with zero attached hydrogens (tertiary/aromatic N) is 3. The number of aromatic nitrogens is 4. The molecule has 6 heteroatoms. The van der Waals surface area contributed by atoms with Crippen LogP contribution >= 0.6 is 0 Å². The molecule has 3 rings (SSSR count). The maximum absolute atomic E-state index is 12.2. The van der Waals surface area contributed by atoms with Crippen molar-refractivity contribution in [2.75, 3.05) is 0 Å². The Kier molecular flexibility index (Phi) is 2.98. The Balaban J connectivity index is 1.78. The summed E-state index contributed by atoms with van der Waals surface area (Å²) in [6, 6.07) is 7.56. The van der Waals surface area contributed by atoms with Crippen LogP contribution in [0.4, 0.5) is 0 Å². The van der Waals surface area contributed by atoms with Gasteiger partial charge in [-0.2, -0.15) is 10.2 Å². The quantitative estimate of drug-likeness (QED) is 0.757. The molecular formula is C14H15N5O. The molecule has 0 saturated carbocycles. The van der Waals surface area contributed by atoms with Crippen LogP contribution in [0, 0.1) is 6.92 Å². The van der Waals surface area contributed by atoms with E-state index < -0.39 is 0 Å². The number of carbonyl (C=O) groups excluding carboxylic acids is 1. The smallest absolute Gasteiger partial charge is 0.272 e. The summed E-state index contributed by atoms with van der Waals surface area (Å²) < 4.78 is 1.74. The Labute approximate surface area is 115 Å². The highest BCUT2D eigenvalue weighted by Crippen LogP contribution is 2.15. The summed E-state index contributed by atoms with van der Waals surface area (Å²) in [7, 11) is 1.86. The third kappa shape index (κ3) is 2.16. The molecule has 6 nitrogen and oxygen atoms in total. The molecule has 1 aromatic carbocycles. The molecule has 20 heavy (non-hydrogen) atoms. The molecule has 0 atom stereocenters. The third-order valence-electron chi connectivity index (χ3n) is 3.24. The van der Waals surface area contributed by atoms with Gasteiger partial charge in [-0.1, -0.05) is 18.2 Å². The molecule has 0 unspecified atom stereocenters. The largest absolute Gasteiger partial charge is 0.346 e. The lowest BCUT2D eigenvalue weighted by Crippen LogP contribution is -2.23. The number of aryl methyl sites for hydroxylation is 2. The summed E-state index contributed by atoms with van der Waals surface area (Å²) in [4.78, 5) is 12.2. The fourth-order valence-electron chi connectivity index (χ4n) is 2.22. The van der Waals surface area contributed by atoms with E-state index >= 15 is 0 Å². The summed E-state index contributed by atoms with van der Waals surface area (Å²) in [5, 5.41) is 14.9. The average molecular weight is 269 g/mol. The van der Waals surface area contributed by atoms with Gasteiger partial charge in [0.2, 0.25) is 0 Å². The van der Waals surface area contributed by atoms with Gasteiger partial charge < -0.3 is 5.32 Å². The number of amides is 1. The summed E-state index contributed by atoms with van der Waals surface area (Å²) in [5.74, 6) is -0.189. The highest BCUT2D eigenvalue weighted by molar-refractivity contribution is 6.04. The molecule has 0 aliphatic carbocycles. The van der Waals surface area contributed by atoms with Crippen LogP contribution in [-0.4, -0.2) is 25.9 Å². The van der Waals surface area contributed by atoms with E-state index in [4.69, 9.17) is 0 Å². The van der Waals surface area contributed by atoms with Gasteiger partial charge in [-0.3, -0.25) is 14.6 Å². The summed E-state index contributed by atoms with van der Waals surface area (Å²) in [6.07, 6.45) is 1.90. The standard InChI is InChI=1S/C14H15N5O/c1-9-10(8-19(2)18-9)7-15-14(20)13-11-5-3-4-6-12(11)16-17-13/h3-6,8H,7H2,1-2H3,(H,15,20)(H,16,17). The first-order chi connectivity index (χ1) is 9.65. The van der Waals surface area contributed by atoms with Gasteiger partial charge in [-0.05, 0) is 13.0 Å². The number of nitrogens with one attached hydrogen (secondary N) is 2. The molecule has 0 aliphatic heterocycles. The summed E-state index contributed by atoms with van der Waals surface area (Å²) in [6.45, 7) is 2.37. The zero-order valence-corrected chi connectivity index (χ0v) is 11.3. The number of aromatic amines is 1. The predicted octanol–water partition coefficient (Wildman–Crippen LogP) is 1.53. The number of H-pyrrole nitrogens is 1. The highest BCUT2D eigenvalue weighted by atomic mass is 16.1. The first-order valence-electron chi connectivity index (χ1n) is 6.35. The highest BCUT2D eigenvalue weighted by Gasteiger charge is 2.14. The van der Waals surface area contributed by atoms with Crippen molar-refractivity contribution in [3.8, 4) is 0 Å². The van der Waals surface area contributed by atoms with E-state index in [1.54, 1.807) is 4.68 Å². The molecule has 102 valence electrons. The van der Waals surface area contributed by atoms with Gasteiger partial charge in [0.25, 0.3) is 5.91 Å². The van der Waals surface area contributed by atoms with Crippen LogP contribution in [0.3, 0.4) is 0 Å². The van der Waals surface area contributed by atoms with Gasteiger partial charge >= 0.3 is 0 Å². The van der Waals surface area contributed by atoms with Crippen molar-refractivity contribution < 1.29 is 4.79 Å². The predicted molar refractivity (Wildman–Crippen MR) is 75.2 cm³/mol. The lowest BCUT2D eigenvalue weighted by atomic mass is 10.2. The zero-order valence-electron chi connectivity index (χ0n) is 11.3. The minimum atomic E-state index is -0.189. The van der Waals surface area contributed by atoms with Crippen LogP contribution in [-0.2, 0) is 13.6 Å². The normalized spacial score (nSPS) is 10.9. The molecule has 3 aromatic rings. The maximum Gasteiger partial charge on any atom is 0.272 e. The van der Waals surface area contributed by atoms with Gasteiger partial charge in [-0.25, -0.2) is 0 Å². The second kappa shape index (κ2) is 4.80. The Morgan fingerprint density at radius 2 is 2.20 bits per heavy atom. The Morgan fingerprint density at radius 1 is 1.40 bits per heavy atom. The molecule has 2 aromatic heterocycles. The molecule has 2 heterocycles. The van der Waals surface area contributed by atoms with Gasteiger partial charge in [0.15, 0.2) is 5.69 Å². The fourth-order valence-corrected chi connectivity index (χ4v) is 2.22. The van der Waals surface area contributed by atoms with Crippen molar-refractivity contribution in [1.82, 2.24) is 25.3 Å². The minimum absolute atomic E-state index is 0.189. The third-order valence-corrected chi connectivity index (χ3v) is 3.24. The van der Waals surface area contributed by atoms with E-state index in [-0.39, 0.29) is 5.91 Å². The Bertz CT molecular complexity index is 771. The van der Waals surface area contributed by atoms with Gasteiger partial charge in [0.1, 0.15) is 0 Å². The second-order valence-electron chi connectivity index (χ2n) is 4.71. The van der Waals surface area contributed by atoms with Gasteiger partial charge in [0.05, 0.1) is 11.2 Å². The SMILES string of the molecule is Cc1nn(C)cc1CNC(=O)c1n[nH]c2ccccc12. The van der Waals surface area contributed by atoms with E-state index in [2.05, 4.69) is 20.6 Å². The first-order valence-corrected chi connectivity index (χ1v) is 6.35. The van der Waals surface area contributed by atoms with Crippen molar-refractivity contribution in [2.24, 2.45) is 7.05 Å². The van der Waals surface area contributed by atoms with Crippen molar-refractivity contribution in [2.45, 2.75) is 13.5 Å². The van der Waals surface area contributed by atoms with Crippen LogP contribution in [0.15, 0.2) is 30.5 Å². The van der Waals surface area contributed by atoms with E-state index in [1.807, 2.05) is 44.4 Å². The van der Waals surface area contributed by atoms with Crippen LogP contribution in [0.1, 0.15) is 21.7 Å². The van der Waals surface area contributed by atoms with Gasteiger partial charge in [0, 0.05) is 30.7 Å². The topological polar surface area (TPSA) is 75.6 Å². The number of fused-ring (bicyclic) bond motifs is 1. The van der Waals surface area contributed by atoms with Crippen LogP contribution < -0.4 is 5.32 Å². The van der Waals surface area contributed by atoms with Crippen molar-refractivity contribution >= 4 is 16.8 Å². The average Bonchev–Trinajstić information content (AvgIpc) is 2.99. The van der Waals surface area contributed by atoms with Crippen molar-refractivity contribution in [3.05, 3.63) is 47.4 Å². The van der Waals surface area contributed by atoms with Crippen molar-refractivity contribution in [3.63, 3.8) is 0 Å². The summed E-state index contributed by atoms with van der Waals surface area (Å²) >= 11 is 0. The van der Waals surface area contributed by atoms with Crippen molar-refractivity contribution in [1.29, 1.82) is 0 Å². The molecule has 0 aliphatic rings. The lowest BCUT2D eigenvalue weighted by molar-refractivity contribution is 0.0947. The minimum Gasteiger partial charge on any atom is -0.346 e. The van der Waals surface area contributed by atoms with E-state index in [0.717, 1.165) is 22.2 Å².